The van der Waals surface area contributed by atoms with E-state index in [1.165, 1.54) is 32.8 Å². The van der Waals surface area contributed by atoms with Crippen LogP contribution in [-0.4, -0.2) is 25.3 Å². The van der Waals surface area contributed by atoms with Crippen molar-refractivity contribution in [2.24, 2.45) is 0 Å². The van der Waals surface area contributed by atoms with Crippen LogP contribution in [0, 0.1) is 0 Å². The second-order valence-electron chi connectivity index (χ2n) is 6.30. The Hall–Kier alpha value is -1.35. The van der Waals surface area contributed by atoms with E-state index >= 15 is 0 Å². The third-order valence-corrected chi connectivity index (χ3v) is 4.15. The first-order valence-corrected chi connectivity index (χ1v) is 9.45. The molecule has 1 saturated heterocycles. The van der Waals surface area contributed by atoms with E-state index in [4.69, 9.17) is 4.74 Å². The molecule has 0 unspecified atom stereocenters. The largest absolute Gasteiger partial charge is 0.469 e. The minimum atomic E-state index is -0.127. The zero-order chi connectivity index (χ0) is 17.5. The summed E-state index contributed by atoms with van der Waals surface area (Å²) in [4.78, 5) is 10.9. The second-order valence-corrected chi connectivity index (χ2v) is 6.30. The molecule has 0 radical (unpaired) electrons. The van der Waals surface area contributed by atoms with E-state index in [-0.39, 0.29) is 5.97 Å². The number of carbonyl (C=O) groups excluding carboxylic acids is 1. The molecule has 3 nitrogen and oxygen atoms in total. The molecule has 2 atom stereocenters. The molecule has 0 aromatic heterocycles. The van der Waals surface area contributed by atoms with Crippen LogP contribution in [0.5, 0.6) is 0 Å². The maximum absolute atomic E-state index is 10.9. The van der Waals surface area contributed by atoms with Gasteiger partial charge in [0.2, 0.25) is 0 Å². The molecule has 1 rings (SSSR count). The first-order chi connectivity index (χ1) is 11.8. The normalized spacial score (nSPS) is 20.4. The van der Waals surface area contributed by atoms with Gasteiger partial charge in [-0.1, -0.05) is 56.2 Å². The molecule has 1 aliphatic rings. The molecule has 0 aliphatic carbocycles. The minimum Gasteiger partial charge on any atom is -0.469 e. The van der Waals surface area contributed by atoms with Crippen molar-refractivity contribution >= 4 is 5.97 Å². The number of rotatable bonds is 14. The molecule has 0 aromatic carbocycles. The number of epoxide rings is 1. The van der Waals surface area contributed by atoms with Crippen molar-refractivity contribution in [3.63, 3.8) is 0 Å². The fraction of sp³-hybridized carbons (Fsp3) is 0.667. The number of hydrogen-bond acceptors (Lipinski definition) is 3. The maximum atomic E-state index is 10.9. The first-order valence-electron chi connectivity index (χ1n) is 9.45. The Morgan fingerprint density at radius 3 is 2.25 bits per heavy atom. The lowest BCUT2D eigenvalue weighted by Gasteiger charge is -1.95. The summed E-state index contributed by atoms with van der Waals surface area (Å²) in [5.41, 5.74) is 0. The summed E-state index contributed by atoms with van der Waals surface area (Å²) in [5, 5.41) is 0. The van der Waals surface area contributed by atoms with Crippen LogP contribution < -0.4 is 0 Å². The van der Waals surface area contributed by atoms with Crippen LogP contribution in [0.4, 0.5) is 0 Å². The van der Waals surface area contributed by atoms with Crippen LogP contribution in [0.25, 0.3) is 0 Å². The van der Waals surface area contributed by atoms with Crippen molar-refractivity contribution < 1.29 is 14.3 Å². The van der Waals surface area contributed by atoms with E-state index in [0.29, 0.717) is 18.6 Å². The van der Waals surface area contributed by atoms with E-state index in [0.717, 1.165) is 32.1 Å². The first kappa shape index (κ1) is 20.7. The summed E-state index contributed by atoms with van der Waals surface area (Å²) >= 11 is 0. The van der Waals surface area contributed by atoms with Crippen LogP contribution in [0.15, 0.2) is 36.5 Å². The fourth-order valence-corrected chi connectivity index (χ4v) is 2.54. The molecule has 0 aromatic rings. The quantitative estimate of drug-likeness (QED) is 0.182. The van der Waals surface area contributed by atoms with E-state index in [1.807, 2.05) is 0 Å². The third-order valence-electron chi connectivity index (χ3n) is 4.15. The van der Waals surface area contributed by atoms with Crippen molar-refractivity contribution in [1.29, 1.82) is 0 Å². The molecule has 0 N–H and O–H groups in total. The zero-order valence-corrected chi connectivity index (χ0v) is 15.4. The number of methoxy groups -OCH3 is 1. The van der Waals surface area contributed by atoms with Crippen LogP contribution in [-0.2, 0) is 14.3 Å². The number of ether oxygens (including phenoxy) is 2. The lowest BCUT2D eigenvalue weighted by Crippen LogP contribution is -1.98. The summed E-state index contributed by atoms with van der Waals surface area (Å²) in [7, 11) is 1.43. The fourth-order valence-electron chi connectivity index (χ4n) is 2.54. The van der Waals surface area contributed by atoms with Crippen LogP contribution in [0.2, 0.25) is 0 Å². The zero-order valence-electron chi connectivity index (χ0n) is 15.4. The number of allylic oxidation sites excluding steroid dienone is 4. The van der Waals surface area contributed by atoms with Gasteiger partial charge >= 0.3 is 5.97 Å². The number of esters is 1. The number of hydrogen-bond donors (Lipinski definition) is 0. The van der Waals surface area contributed by atoms with Gasteiger partial charge < -0.3 is 9.47 Å². The monoisotopic (exact) mass is 334 g/mol. The third kappa shape index (κ3) is 11.2. The molecule has 136 valence electrons. The summed E-state index contributed by atoms with van der Waals surface area (Å²) in [5.74, 6) is -0.127. The van der Waals surface area contributed by atoms with E-state index in [1.54, 1.807) is 0 Å². The highest BCUT2D eigenvalue weighted by Crippen LogP contribution is 2.29. The molecule has 1 aliphatic heterocycles. The smallest absolute Gasteiger partial charge is 0.305 e. The summed E-state index contributed by atoms with van der Waals surface area (Å²) < 4.78 is 10.3. The lowest BCUT2D eigenvalue weighted by molar-refractivity contribution is -0.140. The average molecular weight is 335 g/mol. The Labute approximate surface area is 147 Å². The van der Waals surface area contributed by atoms with Crippen molar-refractivity contribution in [1.82, 2.24) is 0 Å². The molecule has 0 spiro atoms. The van der Waals surface area contributed by atoms with Crippen LogP contribution >= 0.6 is 0 Å². The SMILES string of the molecule is CCCCC/C=C/C[C@@H]1O[C@@H]1C/C=C/C/C=C\CCCC(=O)OC. The second kappa shape index (κ2) is 14.0. The van der Waals surface area contributed by atoms with Gasteiger partial charge in [0, 0.05) is 6.42 Å². The van der Waals surface area contributed by atoms with Gasteiger partial charge in [0.25, 0.3) is 0 Å². The molecule has 0 saturated carbocycles. The number of carbonyl (C=O) groups is 1. The highest BCUT2D eigenvalue weighted by Gasteiger charge is 2.35. The standard InChI is InChI=1S/C21H34O3/c1-3-4-5-6-10-13-16-19-20(24-19)17-14-11-8-7-9-12-15-18-21(22)23-2/h7,9-11,13-14,19-20H,3-6,8,12,15-18H2,1-2H3/b9-7-,13-10+,14-11+/t19-,20+/m0/s1. The number of unbranched alkanes of at least 4 members (excludes halogenated alkanes) is 4. The van der Waals surface area contributed by atoms with E-state index in [2.05, 4.69) is 48.1 Å². The van der Waals surface area contributed by atoms with Crippen molar-refractivity contribution in [3.8, 4) is 0 Å². The van der Waals surface area contributed by atoms with Gasteiger partial charge in [0.1, 0.15) is 0 Å². The summed E-state index contributed by atoms with van der Waals surface area (Å²) in [6.07, 6.45) is 24.6. The van der Waals surface area contributed by atoms with E-state index < -0.39 is 0 Å². The highest BCUT2D eigenvalue weighted by molar-refractivity contribution is 5.69. The van der Waals surface area contributed by atoms with Gasteiger partial charge in [-0.15, -0.1) is 0 Å². The topological polar surface area (TPSA) is 38.8 Å². The predicted molar refractivity (Wildman–Crippen MR) is 99.9 cm³/mol. The van der Waals surface area contributed by atoms with Gasteiger partial charge in [-0.3, -0.25) is 4.79 Å². The molecule has 0 bridgehead atoms. The van der Waals surface area contributed by atoms with Crippen LogP contribution in [0.3, 0.4) is 0 Å². The molecule has 3 heteroatoms. The van der Waals surface area contributed by atoms with Gasteiger partial charge in [0.05, 0.1) is 19.3 Å². The van der Waals surface area contributed by atoms with E-state index in [9.17, 15) is 4.79 Å². The van der Waals surface area contributed by atoms with Crippen molar-refractivity contribution in [2.45, 2.75) is 83.3 Å². The van der Waals surface area contributed by atoms with Gasteiger partial charge in [0.15, 0.2) is 0 Å². The molecular formula is C21H34O3. The van der Waals surface area contributed by atoms with Crippen molar-refractivity contribution in [3.05, 3.63) is 36.5 Å². The minimum absolute atomic E-state index is 0.127. The Morgan fingerprint density at radius 1 is 0.917 bits per heavy atom. The van der Waals surface area contributed by atoms with Crippen LogP contribution in [0.1, 0.15) is 71.1 Å². The van der Waals surface area contributed by atoms with Gasteiger partial charge in [-0.25, -0.2) is 0 Å². The van der Waals surface area contributed by atoms with Gasteiger partial charge in [-0.05, 0) is 44.9 Å². The molecule has 0 amide bonds. The maximum Gasteiger partial charge on any atom is 0.305 e. The Balaban J connectivity index is 1.92. The Bertz CT molecular complexity index is 409. The van der Waals surface area contributed by atoms with Crippen molar-refractivity contribution in [2.75, 3.05) is 7.11 Å². The lowest BCUT2D eigenvalue weighted by atomic mass is 10.1. The summed E-state index contributed by atoms with van der Waals surface area (Å²) in [6.45, 7) is 2.24. The molecule has 24 heavy (non-hydrogen) atoms. The Kier molecular flexibility index (Phi) is 12.1. The average Bonchev–Trinajstić information content (AvgIpc) is 3.34. The summed E-state index contributed by atoms with van der Waals surface area (Å²) in [6, 6.07) is 0. The molecule has 1 fully saturated rings. The van der Waals surface area contributed by atoms with Gasteiger partial charge in [-0.2, -0.15) is 0 Å². The Morgan fingerprint density at radius 2 is 1.54 bits per heavy atom. The molecule has 1 heterocycles. The molecular weight excluding hydrogens is 300 g/mol. The highest BCUT2D eigenvalue weighted by atomic mass is 16.6. The predicted octanol–water partition coefficient (Wildman–Crippen LogP) is 5.52.